The highest BCUT2D eigenvalue weighted by Gasteiger charge is 2.33. The van der Waals surface area contributed by atoms with Gasteiger partial charge in [-0.25, -0.2) is 0 Å². The fourth-order valence-electron chi connectivity index (χ4n) is 3.59. The van der Waals surface area contributed by atoms with Gasteiger partial charge in [-0.1, -0.05) is 45.0 Å². The molecular weight excluding hydrogens is 426 g/mol. The molecular formula is C28H31N3O3. The molecule has 0 aliphatic carbocycles. The zero-order valence-corrected chi connectivity index (χ0v) is 20.4. The van der Waals surface area contributed by atoms with Gasteiger partial charge in [-0.3, -0.25) is 9.78 Å². The molecule has 6 heteroatoms. The van der Waals surface area contributed by atoms with Gasteiger partial charge < -0.3 is 14.8 Å². The number of carbonyl (C=O) groups excluding carboxylic acids is 1. The Bertz CT molecular complexity index is 1180. The van der Waals surface area contributed by atoms with Gasteiger partial charge >= 0.3 is 0 Å². The van der Waals surface area contributed by atoms with Crippen LogP contribution in [-0.2, 0) is 17.9 Å². The van der Waals surface area contributed by atoms with Gasteiger partial charge in [-0.15, -0.1) is 0 Å². The third kappa shape index (κ3) is 5.44. The number of hydrogen-bond donors (Lipinski definition) is 1. The molecule has 0 spiro atoms. The van der Waals surface area contributed by atoms with E-state index in [0.29, 0.717) is 24.3 Å². The summed E-state index contributed by atoms with van der Waals surface area (Å²) in [4.78, 5) is 17.2. The largest absolute Gasteiger partial charge is 0.460 e. The molecule has 0 radical (unpaired) electrons. The molecule has 1 aliphatic rings. The highest BCUT2D eigenvalue weighted by atomic mass is 16.7. The van der Waals surface area contributed by atoms with Crippen LogP contribution in [0.1, 0.15) is 66.9 Å². The average molecular weight is 458 g/mol. The number of aryl methyl sites for hydroxylation is 1. The van der Waals surface area contributed by atoms with Gasteiger partial charge in [0, 0.05) is 37.2 Å². The highest BCUT2D eigenvalue weighted by molar-refractivity contribution is 5.94. The second kappa shape index (κ2) is 11.0. The van der Waals surface area contributed by atoms with Crippen molar-refractivity contribution in [3.63, 3.8) is 0 Å². The minimum atomic E-state index is -0.655. The SMILES string of the molecule is CC.CCC1(C)OCc2c(CNC(=O)c3ccc(-c4ccc(C#N)cc4)cc3)cnc(C)c2O1. The Morgan fingerprint density at radius 1 is 1.12 bits per heavy atom. The van der Waals surface area contributed by atoms with Crippen molar-refractivity contribution < 1.29 is 14.3 Å². The lowest BCUT2D eigenvalue weighted by molar-refractivity contribution is -0.195. The molecule has 1 aliphatic heterocycles. The molecule has 176 valence electrons. The summed E-state index contributed by atoms with van der Waals surface area (Å²) in [6.45, 7) is 10.6. The Hall–Kier alpha value is -3.69. The van der Waals surface area contributed by atoms with Crippen LogP contribution >= 0.6 is 0 Å². The normalized spacial score (nSPS) is 16.2. The maximum Gasteiger partial charge on any atom is 0.251 e. The molecule has 0 bridgehead atoms. The minimum Gasteiger partial charge on any atom is -0.460 e. The van der Waals surface area contributed by atoms with Crippen molar-refractivity contribution in [2.75, 3.05) is 0 Å². The van der Waals surface area contributed by atoms with Gasteiger partial charge in [-0.2, -0.15) is 5.26 Å². The van der Waals surface area contributed by atoms with Gasteiger partial charge in [0.15, 0.2) is 0 Å². The van der Waals surface area contributed by atoms with Crippen molar-refractivity contribution in [2.24, 2.45) is 0 Å². The van der Waals surface area contributed by atoms with E-state index in [2.05, 4.69) is 16.4 Å². The number of aromatic nitrogens is 1. The molecule has 1 unspecified atom stereocenters. The van der Waals surface area contributed by atoms with Crippen molar-refractivity contribution in [1.82, 2.24) is 10.3 Å². The van der Waals surface area contributed by atoms with Crippen molar-refractivity contribution in [2.45, 2.75) is 60.0 Å². The van der Waals surface area contributed by atoms with E-state index in [9.17, 15) is 4.79 Å². The first-order valence-electron chi connectivity index (χ1n) is 11.6. The van der Waals surface area contributed by atoms with E-state index in [-0.39, 0.29) is 5.91 Å². The number of carbonyl (C=O) groups is 1. The molecule has 2 aromatic carbocycles. The summed E-state index contributed by atoms with van der Waals surface area (Å²) >= 11 is 0. The van der Waals surface area contributed by atoms with Crippen LogP contribution in [0.5, 0.6) is 5.75 Å². The van der Waals surface area contributed by atoms with Crippen molar-refractivity contribution >= 4 is 5.91 Å². The fraction of sp³-hybridized carbons (Fsp3) is 0.321. The predicted octanol–water partition coefficient (Wildman–Crippen LogP) is 5.92. The van der Waals surface area contributed by atoms with E-state index in [1.54, 1.807) is 30.5 Å². The number of nitriles is 1. The van der Waals surface area contributed by atoms with Crippen LogP contribution in [0.2, 0.25) is 0 Å². The monoisotopic (exact) mass is 457 g/mol. The molecule has 1 amide bonds. The number of pyridine rings is 1. The Labute approximate surface area is 201 Å². The molecule has 2 heterocycles. The molecule has 0 saturated heterocycles. The highest BCUT2D eigenvalue weighted by Crippen LogP contribution is 2.36. The summed E-state index contributed by atoms with van der Waals surface area (Å²) in [6, 6.07) is 16.9. The van der Waals surface area contributed by atoms with E-state index < -0.39 is 5.79 Å². The number of fused-ring (bicyclic) bond motifs is 1. The summed E-state index contributed by atoms with van der Waals surface area (Å²) in [5.74, 6) is -0.0706. The van der Waals surface area contributed by atoms with Gasteiger partial charge in [0.25, 0.3) is 5.91 Å². The lowest BCUT2D eigenvalue weighted by atomic mass is 10.0. The topological polar surface area (TPSA) is 84.2 Å². The van der Waals surface area contributed by atoms with Crippen LogP contribution in [0.3, 0.4) is 0 Å². The van der Waals surface area contributed by atoms with Gasteiger partial charge in [0.05, 0.1) is 23.9 Å². The summed E-state index contributed by atoms with van der Waals surface area (Å²) in [5.41, 5.74) is 5.79. The lowest BCUT2D eigenvalue weighted by Crippen LogP contribution is -2.39. The standard InChI is InChI=1S/C26H25N3O3.C2H6/c1-4-26(3)31-16-23-22(14-28-17(2)24(23)32-26)15-29-25(30)21-11-9-20(10-12-21)19-7-5-18(13-27)6-8-19;1-2/h5-12,14H,4,15-16H2,1-3H3,(H,29,30);1-2H3. The number of rotatable bonds is 5. The zero-order valence-electron chi connectivity index (χ0n) is 20.4. The molecule has 1 aromatic heterocycles. The average Bonchev–Trinajstić information content (AvgIpc) is 2.89. The predicted molar refractivity (Wildman–Crippen MR) is 132 cm³/mol. The van der Waals surface area contributed by atoms with Crippen molar-refractivity contribution in [3.8, 4) is 22.9 Å². The van der Waals surface area contributed by atoms with E-state index in [1.807, 2.05) is 58.9 Å². The van der Waals surface area contributed by atoms with Gasteiger partial charge in [0.1, 0.15) is 5.75 Å². The maximum absolute atomic E-state index is 12.7. The number of nitrogens with zero attached hydrogens (tertiary/aromatic N) is 2. The minimum absolute atomic E-state index is 0.165. The van der Waals surface area contributed by atoms with Gasteiger partial charge in [-0.05, 0) is 47.9 Å². The smallest absolute Gasteiger partial charge is 0.251 e. The first-order chi connectivity index (χ1) is 16.4. The molecule has 34 heavy (non-hydrogen) atoms. The van der Waals surface area contributed by atoms with Gasteiger partial charge in [0.2, 0.25) is 5.79 Å². The van der Waals surface area contributed by atoms with Crippen molar-refractivity contribution in [1.29, 1.82) is 5.26 Å². The van der Waals surface area contributed by atoms with Crippen LogP contribution in [0.4, 0.5) is 0 Å². The van der Waals surface area contributed by atoms with Crippen LogP contribution < -0.4 is 10.1 Å². The van der Waals surface area contributed by atoms with E-state index in [1.165, 1.54) is 0 Å². The Balaban J connectivity index is 0.00000158. The first-order valence-corrected chi connectivity index (χ1v) is 11.6. The van der Waals surface area contributed by atoms with Crippen LogP contribution in [0.15, 0.2) is 54.7 Å². The summed E-state index contributed by atoms with van der Waals surface area (Å²) < 4.78 is 12.0. The zero-order chi connectivity index (χ0) is 24.7. The molecule has 4 rings (SSSR count). The summed E-state index contributed by atoms with van der Waals surface area (Å²) in [5, 5.41) is 11.9. The summed E-state index contributed by atoms with van der Waals surface area (Å²) in [7, 11) is 0. The first kappa shape index (κ1) is 24.9. The molecule has 0 saturated carbocycles. The van der Waals surface area contributed by atoms with Crippen LogP contribution in [-0.4, -0.2) is 16.7 Å². The number of amides is 1. The maximum atomic E-state index is 12.7. The second-order valence-corrected chi connectivity index (χ2v) is 8.00. The molecule has 1 atom stereocenters. The Kier molecular flexibility index (Phi) is 8.04. The number of nitrogens with one attached hydrogen (secondary N) is 1. The van der Waals surface area contributed by atoms with E-state index in [4.69, 9.17) is 14.7 Å². The number of benzene rings is 2. The molecule has 1 N–H and O–H groups in total. The Morgan fingerprint density at radius 2 is 1.74 bits per heavy atom. The molecule has 0 fully saturated rings. The van der Waals surface area contributed by atoms with E-state index in [0.717, 1.165) is 40.1 Å². The summed E-state index contributed by atoms with van der Waals surface area (Å²) in [6.07, 6.45) is 2.50. The molecule has 3 aromatic rings. The van der Waals surface area contributed by atoms with Crippen LogP contribution in [0, 0.1) is 18.3 Å². The van der Waals surface area contributed by atoms with E-state index >= 15 is 0 Å². The molecule has 6 nitrogen and oxygen atoms in total. The number of ether oxygens (including phenoxy) is 2. The third-order valence-electron chi connectivity index (χ3n) is 5.82. The quantitative estimate of drug-likeness (QED) is 0.514. The lowest BCUT2D eigenvalue weighted by Gasteiger charge is -2.36. The Morgan fingerprint density at radius 3 is 2.32 bits per heavy atom. The second-order valence-electron chi connectivity index (χ2n) is 8.00. The van der Waals surface area contributed by atoms with Crippen molar-refractivity contribution in [3.05, 3.63) is 82.7 Å². The fourth-order valence-corrected chi connectivity index (χ4v) is 3.59. The number of hydrogen-bond acceptors (Lipinski definition) is 5. The van der Waals surface area contributed by atoms with Crippen LogP contribution in [0.25, 0.3) is 11.1 Å². The third-order valence-corrected chi connectivity index (χ3v) is 5.82.